The first kappa shape index (κ1) is 66.0. The summed E-state index contributed by atoms with van der Waals surface area (Å²) in [5, 5.41) is 0. The highest BCUT2D eigenvalue weighted by atomic mass is 16.6. The summed E-state index contributed by atoms with van der Waals surface area (Å²) in [5.41, 5.74) is 0. The molecular formula is C65H106O5. The fraction of sp³-hybridized carbons (Fsp3) is 0.631. The lowest BCUT2D eigenvalue weighted by Gasteiger charge is -2.18. The van der Waals surface area contributed by atoms with Crippen LogP contribution in [0.3, 0.4) is 0 Å². The third-order valence-electron chi connectivity index (χ3n) is 11.7. The topological polar surface area (TPSA) is 61.8 Å². The Kier molecular flexibility index (Phi) is 56.0. The van der Waals surface area contributed by atoms with Crippen molar-refractivity contribution < 1.29 is 23.8 Å². The third-order valence-corrected chi connectivity index (χ3v) is 11.7. The maximum Gasteiger partial charge on any atom is 0.306 e. The van der Waals surface area contributed by atoms with Crippen molar-refractivity contribution in [1.82, 2.24) is 0 Å². The molecule has 0 unspecified atom stereocenters. The smallest absolute Gasteiger partial charge is 0.306 e. The van der Waals surface area contributed by atoms with Crippen LogP contribution < -0.4 is 0 Å². The van der Waals surface area contributed by atoms with E-state index >= 15 is 0 Å². The minimum Gasteiger partial charge on any atom is -0.463 e. The zero-order valence-corrected chi connectivity index (χ0v) is 45.5. The lowest BCUT2D eigenvalue weighted by molar-refractivity contribution is -0.155. The first-order valence-electron chi connectivity index (χ1n) is 28.7. The summed E-state index contributed by atoms with van der Waals surface area (Å²) in [7, 11) is 0. The van der Waals surface area contributed by atoms with Crippen molar-refractivity contribution in [3.8, 4) is 0 Å². The summed E-state index contributed by atoms with van der Waals surface area (Å²) in [6, 6.07) is 0. The van der Waals surface area contributed by atoms with E-state index in [1.165, 1.54) is 89.9 Å². The molecule has 0 fully saturated rings. The molecule has 0 saturated carbocycles. The molecule has 0 heterocycles. The highest BCUT2D eigenvalue weighted by Crippen LogP contribution is 2.14. The van der Waals surface area contributed by atoms with E-state index in [1.807, 2.05) is 6.08 Å². The van der Waals surface area contributed by atoms with Gasteiger partial charge in [0.1, 0.15) is 19.3 Å². The van der Waals surface area contributed by atoms with E-state index in [9.17, 15) is 9.59 Å². The van der Waals surface area contributed by atoms with Crippen LogP contribution in [0.15, 0.2) is 134 Å². The molecule has 0 aliphatic rings. The Bertz CT molecular complexity index is 1470. The van der Waals surface area contributed by atoms with Crippen LogP contribution in [0.5, 0.6) is 0 Å². The first-order chi connectivity index (χ1) is 34.6. The zero-order chi connectivity index (χ0) is 50.6. The number of hydrogen-bond acceptors (Lipinski definition) is 5. The second-order valence-electron chi connectivity index (χ2n) is 18.4. The summed E-state index contributed by atoms with van der Waals surface area (Å²) in [5.74, 6) is -0.468. The largest absolute Gasteiger partial charge is 0.463 e. The second kappa shape index (κ2) is 59.3. The number of carbonyl (C=O) groups is 2. The van der Waals surface area contributed by atoms with Crippen molar-refractivity contribution in [2.75, 3.05) is 19.8 Å². The summed E-state index contributed by atoms with van der Waals surface area (Å²) in [6.07, 6.45) is 85.1. The quantitative estimate of drug-likeness (QED) is 0.0345. The van der Waals surface area contributed by atoms with Crippen LogP contribution >= 0.6 is 0 Å². The summed E-state index contributed by atoms with van der Waals surface area (Å²) >= 11 is 0. The van der Waals surface area contributed by atoms with E-state index in [0.29, 0.717) is 25.9 Å². The number of allylic oxidation sites excluding steroid dienone is 22. The Balaban J connectivity index is 4.46. The van der Waals surface area contributed by atoms with Crippen molar-refractivity contribution in [2.45, 2.75) is 245 Å². The van der Waals surface area contributed by atoms with Crippen LogP contribution in [0.25, 0.3) is 0 Å². The molecule has 1 atom stereocenters. The fourth-order valence-corrected chi connectivity index (χ4v) is 7.48. The van der Waals surface area contributed by atoms with E-state index in [0.717, 1.165) is 109 Å². The number of ether oxygens (including phenoxy) is 3. The molecule has 0 amide bonds. The van der Waals surface area contributed by atoms with E-state index in [-0.39, 0.29) is 25.2 Å². The second-order valence-corrected chi connectivity index (χ2v) is 18.4. The van der Waals surface area contributed by atoms with Crippen molar-refractivity contribution in [1.29, 1.82) is 0 Å². The maximum absolute atomic E-state index is 12.7. The van der Waals surface area contributed by atoms with E-state index in [4.69, 9.17) is 14.2 Å². The highest BCUT2D eigenvalue weighted by molar-refractivity contribution is 5.70. The molecule has 0 radical (unpaired) electrons. The van der Waals surface area contributed by atoms with Crippen molar-refractivity contribution in [3.63, 3.8) is 0 Å². The van der Waals surface area contributed by atoms with Gasteiger partial charge in [0, 0.05) is 19.4 Å². The van der Waals surface area contributed by atoms with Crippen LogP contribution in [0.2, 0.25) is 0 Å². The lowest BCUT2D eigenvalue weighted by atomic mass is 10.0. The Hall–Kier alpha value is -3.96. The van der Waals surface area contributed by atoms with Gasteiger partial charge in [-0.05, 0) is 103 Å². The van der Waals surface area contributed by atoms with Gasteiger partial charge in [-0.3, -0.25) is 9.59 Å². The summed E-state index contributed by atoms with van der Waals surface area (Å²) in [4.78, 5) is 25.3. The molecule has 0 aromatic carbocycles. The van der Waals surface area contributed by atoms with Gasteiger partial charge in [0.15, 0.2) is 0 Å². The molecule has 0 aromatic heterocycles. The normalized spacial score (nSPS) is 13.2. The highest BCUT2D eigenvalue weighted by Gasteiger charge is 2.15. The van der Waals surface area contributed by atoms with Gasteiger partial charge >= 0.3 is 11.9 Å². The molecular weight excluding hydrogens is 861 g/mol. The average Bonchev–Trinajstić information content (AvgIpc) is 3.36. The first-order valence-corrected chi connectivity index (χ1v) is 28.7. The van der Waals surface area contributed by atoms with Gasteiger partial charge < -0.3 is 14.2 Å². The average molecular weight is 968 g/mol. The molecule has 5 heteroatoms. The third kappa shape index (κ3) is 56.6. The molecule has 0 aromatic rings. The Morgan fingerprint density at radius 2 is 0.614 bits per heavy atom. The van der Waals surface area contributed by atoms with Gasteiger partial charge in [-0.1, -0.05) is 257 Å². The minimum atomic E-state index is -0.453. The molecule has 0 spiro atoms. The van der Waals surface area contributed by atoms with Gasteiger partial charge in [0.2, 0.25) is 0 Å². The number of rotatable bonds is 51. The van der Waals surface area contributed by atoms with Crippen LogP contribution in [-0.2, 0) is 23.8 Å². The van der Waals surface area contributed by atoms with Crippen LogP contribution in [-0.4, -0.2) is 37.9 Å². The molecule has 0 bridgehead atoms. The number of esters is 2. The fourth-order valence-electron chi connectivity index (χ4n) is 7.48. The van der Waals surface area contributed by atoms with Gasteiger partial charge in [0.05, 0.1) is 0 Å². The maximum atomic E-state index is 12.7. The molecule has 5 nitrogen and oxygen atoms in total. The van der Waals surface area contributed by atoms with E-state index in [2.05, 4.69) is 148 Å². The molecule has 0 aliphatic heterocycles. The Labute approximate surface area is 432 Å². The predicted molar refractivity (Wildman–Crippen MR) is 306 cm³/mol. The van der Waals surface area contributed by atoms with E-state index in [1.54, 1.807) is 0 Å². The van der Waals surface area contributed by atoms with Crippen LogP contribution in [0, 0.1) is 0 Å². The molecule has 0 rings (SSSR count). The summed E-state index contributed by atoms with van der Waals surface area (Å²) < 4.78 is 17.4. The molecule has 70 heavy (non-hydrogen) atoms. The SMILES string of the molecule is CC/C=C\C/C=C\C/C=C\C/C=C\C/C=C\C/C=C\CCC(=O)OC[C@H](COC(=O)CCCCC/C=C\C/C=C\C/C=C\C/C=C\C/C=C\CC)OCCCCCCCCCCCCCCCCCC. The van der Waals surface area contributed by atoms with E-state index < -0.39 is 6.10 Å². The van der Waals surface area contributed by atoms with Gasteiger partial charge in [0.25, 0.3) is 0 Å². The minimum absolute atomic E-state index is 0.0992. The molecule has 396 valence electrons. The van der Waals surface area contributed by atoms with Crippen molar-refractivity contribution in [2.24, 2.45) is 0 Å². The Morgan fingerprint density at radius 1 is 0.314 bits per heavy atom. The zero-order valence-electron chi connectivity index (χ0n) is 45.5. The molecule has 0 N–H and O–H groups in total. The van der Waals surface area contributed by atoms with Crippen molar-refractivity contribution in [3.05, 3.63) is 134 Å². The predicted octanol–water partition coefficient (Wildman–Crippen LogP) is 19.9. The van der Waals surface area contributed by atoms with Crippen LogP contribution in [0.4, 0.5) is 0 Å². The number of carbonyl (C=O) groups excluding carboxylic acids is 2. The number of unbranched alkanes of at least 4 members (excludes halogenated alkanes) is 18. The van der Waals surface area contributed by atoms with Gasteiger partial charge in [-0.2, -0.15) is 0 Å². The van der Waals surface area contributed by atoms with Crippen LogP contribution in [0.1, 0.15) is 239 Å². The van der Waals surface area contributed by atoms with Gasteiger partial charge in [-0.25, -0.2) is 0 Å². The summed E-state index contributed by atoms with van der Waals surface area (Å²) in [6.45, 7) is 7.38. The number of hydrogen-bond donors (Lipinski definition) is 0. The van der Waals surface area contributed by atoms with Gasteiger partial charge in [-0.15, -0.1) is 0 Å². The molecule has 0 aliphatic carbocycles. The standard InChI is InChI=1S/C65H106O5/c1-4-7-10-13-16-19-22-25-28-31-33-35-37-40-43-46-49-52-55-58-64(66)69-61-63(68-60-57-54-51-48-45-42-39-30-27-24-21-18-15-12-9-6-3)62-70-65(67)59-56-53-50-47-44-41-38-36-34-32-29-26-23-20-17-14-11-8-5-2/h7-8,10-11,16-17,19-20,25-26,28-29,33-36,40-41,43-44,49,52,63H,4-6,9,12-15,18,21-24,27,30-32,37-39,42,45-48,50-51,53-62H2,1-3H3/b10-7-,11-8-,19-16-,20-17-,28-25-,29-26-,35-33-,36-34-,43-40-,44-41-,52-49-/t63-/m1/s1. The lowest BCUT2D eigenvalue weighted by Crippen LogP contribution is -2.29. The Morgan fingerprint density at radius 3 is 0.986 bits per heavy atom. The monoisotopic (exact) mass is 967 g/mol. The van der Waals surface area contributed by atoms with Crippen molar-refractivity contribution >= 4 is 11.9 Å². The molecule has 0 saturated heterocycles.